The molecular formula is C4H10O3Si. The van der Waals surface area contributed by atoms with Crippen LogP contribution in [0.15, 0.2) is 0 Å². The van der Waals surface area contributed by atoms with Crippen LogP contribution in [0.3, 0.4) is 0 Å². The molecule has 0 atom stereocenters. The van der Waals surface area contributed by atoms with E-state index >= 15 is 0 Å². The molecule has 0 bridgehead atoms. The molecule has 1 N–H and O–H groups in total. The molecule has 48 valence electrons. The van der Waals surface area contributed by atoms with Gasteiger partial charge >= 0.3 is 6.16 Å². The molecule has 0 amide bonds. The van der Waals surface area contributed by atoms with Gasteiger partial charge in [-0.25, -0.2) is 4.79 Å². The van der Waals surface area contributed by atoms with E-state index in [-0.39, 0.29) is 0 Å². The molecule has 0 aliphatic heterocycles. The summed E-state index contributed by atoms with van der Waals surface area (Å²) < 4.78 is 4.49. The van der Waals surface area contributed by atoms with Crippen LogP contribution in [-0.4, -0.2) is 19.6 Å². The molecule has 0 saturated carbocycles. The van der Waals surface area contributed by atoms with E-state index in [4.69, 9.17) is 5.11 Å². The zero-order valence-corrected chi connectivity index (χ0v) is 6.26. The lowest BCUT2D eigenvalue weighted by Crippen LogP contribution is -2.27. The van der Waals surface area contributed by atoms with Crippen LogP contribution in [0, 0.1) is 0 Å². The predicted molar refractivity (Wildman–Crippen MR) is 32.5 cm³/mol. The zero-order valence-electron chi connectivity index (χ0n) is 5.26. The van der Waals surface area contributed by atoms with E-state index in [0.29, 0.717) is 0 Å². The van der Waals surface area contributed by atoms with Gasteiger partial charge in [0.1, 0.15) is 0 Å². The molecule has 3 nitrogen and oxygen atoms in total. The lowest BCUT2D eigenvalue weighted by atomic mass is 11.5. The predicted octanol–water partition coefficient (Wildman–Crippen LogP) is 1.52. The van der Waals surface area contributed by atoms with Crippen molar-refractivity contribution in [3.05, 3.63) is 0 Å². The lowest BCUT2D eigenvalue weighted by Gasteiger charge is -2.12. The van der Waals surface area contributed by atoms with Crippen molar-refractivity contribution in [3.63, 3.8) is 0 Å². The number of hydrogen-bond donors (Lipinski definition) is 1. The van der Waals surface area contributed by atoms with Gasteiger partial charge in [-0.05, 0) is 19.6 Å². The highest BCUT2D eigenvalue weighted by Crippen LogP contribution is 2.01. The second-order valence-electron chi connectivity index (χ2n) is 2.48. The monoisotopic (exact) mass is 134 g/mol. The molecule has 0 fully saturated rings. The molecular weight excluding hydrogens is 124 g/mol. The van der Waals surface area contributed by atoms with E-state index in [1.54, 1.807) is 0 Å². The Labute approximate surface area is 49.4 Å². The maximum absolute atomic E-state index is 9.83. The second-order valence-corrected chi connectivity index (χ2v) is 6.91. The third kappa shape index (κ3) is 5.49. The van der Waals surface area contributed by atoms with Crippen LogP contribution >= 0.6 is 0 Å². The number of carbonyl (C=O) groups is 1. The number of hydrogen-bond acceptors (Lipinski definition) is 2. The van der Waals surface area contributed by atoms with Gasteiger partial charge in [-0.2, -0.15) is 0 Å². The van der Waals surface area contributed by atoms with Crippen LogP contribution < -0.4 is 0 Å². The Morgan fingerprint density at radius 3 is 1.88 bits per heavy atom. The van der Waals surface area contributed by atoms with E-state index in [2.05, 4.69) is 4.43 Å². The lowest BCUT2D eigenvalue weighted by molar-refractivity contribution is 0.142. The molecule has 8 heavy (non-hydrogen) atoms. The van der Waals surface area contributed by atoms with Crippen LogP contribution in [0.1, 0.15) is 0 Å². The number of carboxylic acid groups (broad SMARTS) is 1. The SMILES string of the molecule is C[Si](C)(C)OC(=O)O. The van der Waals surface area contributed by atoms with Gasteiger partial charge in [0.15, 0.2) is 0 Å². The van der Waals surface area contributed by atoms with Crippen molar-refractivity contribution >= 4 is 14.5 Å². The van der Waals surface area contributed by atoms with Gasteiger partial charge in [0, 0.05) is 0 Å². The Morgan fingerprint density at radius 1 is 1.50 bits per heavy atom. The molecule has 0 aliphatic carbocycles. The van der Waals surface area contributed by atoms with Crippen molar-refractivity contribution in [1.29, 1.82) is 0 Å². The largest absolute Gasteiger partial charge is 0.491 e. The van der Waals surface area contributed by atoms with E-state index in [1.807, 2.05) is 19.6 Å². The summed E-state index contributed by atoms with van der Waals surface area (Å²) in [4.78, 5) is 9.83. The van der Waals surface area contributed by atoms with E-state index in [0.717, 1.165) is 0 Å². The van der Waals surface area contributed by atoms with E-state index in [1.165, 1.54) is 0 Å². The van der Waals surface area contributed by atoms with Crippen molar-refractivity contribution in [2.75, 3.05) is 0 Å². The van der Waals surface area contributed by atoms with E-state index in [9.17, 15) is 4.79 Å². The molecule has 0 heterocycles. The summed E-state index contributed by atoms with van der Waals surface area (Å²) in [6, 6.07) is 0. The maximum Gasteiger partial charge on any atom is 0.491 e. The molecule has 0 spiro atoms. The van der Waals surface area contributed by atoms with Gasteiger partial charge in [0.05, 0.1) is 0 Å². The molecule has 4 heteroatoms. The summed E-state index contributed by atoms with van der Waals surface area (Å²) >= 11 is 0. The van der Waals surface area contributed by atoms with Crippen LogP contribution in [0.4, 0.5) is 4.79 Å². The smallest absolute Gasteiger partial charge is 0.490 e. The molecule has 0 aromatic carbocycles. The molecule has 0 unspecified atom stereocenters. The summed E-state index contributed by atoms with van der Waals surface area (Å²) in [5.74, 6) is 0. The van der Waals surface area contributed by atoms with Gasteiger partial charge < -0.3 is 9.53 Å². The molecule has 0 aromatic rings. The Morgan fingerprint density at radius 2 is 1.88 bits per heavy atom. The molecule has 0 rings (SSSR count). The van der Waals surface area contributed by atoms with Crippen LogP contribution in [0.2, 0.25) is 19.6 Å². The minimum Gasteiger partial charge on any atom is -0.490 e. The average Bonchev–Trinajstić information content (AvgIpc) is 1.21. The minimum atomic E-state index is -1.82. The zero-order chi connectivity index (χ0) is 6.78. The van der Waals surface area contributed by atoms with Gasteiger partial charge in [0.2, 0.25) is 0 Å². The first-order valence-electron chi connectivity index (χ1n) is 2.34. The maximum atomic E-state index is 9.83. The van der Waals surface area contributed by atoms with Crippen molar-refractivity contribution < 1.29 is 14.3 Å². The molecule has 0 saturated heterocycles. The Balaban J connectivity index is 3.55. The average molecular weight is 134 g/mol. The quantitative estimate of drug-likeness (QED) is 0.553. The fourth-order valence-corrected chi connectivity index (χ4v) is 0.786. The highest BCUT2D eigenvalue weighted by Gasteiger charge is 2.18. The summed E-state index contributed by atoms with van der Waals surface area (Å²) in [5.41, 5.74) is 0. The van der Waals surface area contributed by atoms with Gasteiger partial charge in [0.25, 0.3) is 8.32 Å². The van der Waals surface area contributed by atoms with Crippen LogP contribution in [-0.2, 0) is 4.43 Å². The Bertz CT molecular complexity index is 93.9. The first-order chi connectivity index (χ1) is 3.42. The molecule has 0 aromatic heterocycles. The van der Waals surface area contributed by atoms with Crippen molar-refractivity contribution in [2.45, 2.75) is 19.6 Å². The first kappa shape index (κ1) is 7.49. The first-order valence-corrected chi connectivity index (χ1v) is 5.74. The fourth-order valence-electron chi connectivity index (χ4n) is 0.262. The van der Waals surface area contributed by atoms with Crippen molar-refractivity contribution in [2.24, 2.45) is 0 Å². The van der Waals surface area contributed by atoms with Gasteiger partial charge in [-0.1, -0.05) is 0 Å². The third-order valence-electron chi connectivity index (χ3n) is 0.393. The Hall–Kier alpha value is -0.513. The minimum absolute atomic E-state index is 1.16. The van der Waals surface area contributed by atoms with Crippen molar-refractivity contribution in [1.82, 2.24) is 0 Å². The summed E-state index contributed by atoms with van der Waals surface area (Å²) in [6.07, 6.45) is -1.16. The van der Waals surface area contributed by atoms with Crippen molar-refractivity contribution in [3.8, 4) is 0 Å². The molecule has 0 radical (unpaired) electrons. The standard InChI is InChI=1S/C4H10O3Si/c1-8(2,3)7-4(5)6/h1-3H3,(H,5,6). The van der Waals surface area contributed by atoms with Gasteiger partial charge in [-0.3, -0.25) is 0 Å². The summed E-state index contributed by atoms with van der Waals surface area (Å²) in [5, 5.41) is 8.06. The number of rotatable bonds is 1. The Kier molecular flexibility index (Phi) is 2.03. The van der Waals surface area contributed by atoms with Gasteiger partial charge in [-0.15, -0.1) is 0 Å². The summed E-state index contributed by atoms with van der Waals surface area (Å²) in [6.45, 7) is 5.46. The van der Waals surface area contributed by atoms with Crippen LogP contribution in [0.5, 0.6) is 0 Å². The third-order valence-corrected chi connectivity index (χ3v) is 1.18. The second kappa shape index (κ2) is 2.17. The highest BCUT2D eigenvalue weighted by atomic mass is 28.4. The molecule has 0 aliphatic rings. The summed E-state index contributed by atoms with van der Waals surface area (Å²) in [7, 11) is -1.82. The fraction of sp³-hybridized carbons (Fsp3) is 0.750. The topological polar surface area (TPSA) is 46.5 Å². The normalized spacial score (nSPS) is 10.9. The van der Waals surface area contributed by atoms with E-state index < -0.39 is 14.5 Å². The highest BCUT2D eigenvalue weighted by molar-refractivity contribution is 6.71. The van der Waals surface area contributed by atoms with Crippen LogP contribution in [0.25, 0.3) is 0 Å².